The van der Waals surface area contributed by atoms with Gasteiger partial charge in [0.05, 0.1) is 11.3 Å². The number of carboxylic acids is 1. The summed E-state index contributed by atoms with van der Waals surface area (Å²) >= 11 is 0. The molecule has 2 aliphatic rings. The maximum Gasteiger partial charge on any atom is 0.335 e. The number of nitrogens with two attached hydrogens (primary N) is 1. The SMILES string of the molecule is C/C=C(C1=C2C=CC(=N)C=C2S(C)(C)c2cc(N)ccc21)\C(=C/C)C(=O)O. The molecule has 3 rings (SSSR count). The zero-order valence-electron chi connectivity index (χ0n) is 16.0. The molecule has 0 unspecified atom stereocenters. The van der Waals surface area contributed by atoms with Crippen LogP contribution in [0.15, 0.2) is 75.1 Å². The Hall–Kier alpha value is -2.79. The number of allylic oxidation sites excluding steroid dienone is 7. The Morgan fingerprint density at radius 1 is 1.19 bits per heavy atom. The molecule has 0 amide bonds. The molecule has 0 radical (unpaired) electrons. The van der Waals surface area contributed by atoms with Crippen molar-refractivity contribution in [1.29, 1.82) is 5.41 Å². The molecule has 0 saturated heterocycles. The van der Waals surface area contributed by atoms with Crippen LogP contribution < -0.4 is 5.73 Å². The molecule has 0 atom stereocenters. The van der Waals surface area contributed by atoms with Crippen LogP contribution in [0.25, 0.3) is 5.57 Å². The third-order valence-electron chi connectivity index (χ3n) is 4.99. The summed E-state index contributed by atoms with van der Waals surface area (Å²) in [5, 5.41) is 17.8. The highest BCUT2D eigenvalue weighted by Crippen LogP contribution is 2.66. The number of rotatable bonds is 3. The number of carboxylic acid groups (broad SMARTS) is 1. The van der Waals surface area contributed by atoms with Crippen molar-refractivity contribution in [2.24, 2.45) is 0 Å². The van der Waals surface area contributed by atoms with Gasteiger partial charge in [0.25, 0.3) is 0 Å². The van der Waals surface area contributed by atoms with E-state index in [0.717, 1.165) is 26.5 Å². The highest BCUT2D eigenvalue weighted by molar-refractivity contribution is 8.36. The number of aliphatic carboxylic acids is 1. The predicted molar refractivity (Wildman–Crippen MR) is 116 cm³/mol. The molecule has 5 heteroatoms. The van der Waals surface area contributed by atoms with E-state index in [0.29, 0.717) is 17.0 Å². The van der Waals surface area contributed by atoms with Gasteiger partial charge in [-0.1, -0.05) is 24.3 Å². The van der Waals surface area contributed by atoms with E-state index in [2.05, 4.69) is 12.5 Å². The van der Waals surface area contributed by atoms with Crippen LogP contribution in [0.3, 0.4) is 0 Å². The number of nitrogen functional groups attached to an aromatic ring is 1. The standard InChI is InChI=1S/C22H24N2O2S/c1-5-15(16(6-2)22(25)26)21-17-9-7-13(23)11-19(17)27(3,4)20-12-14(24)8-10-18(20)21/h5-12,23H,24H2,1-4H3,(H,25,26)/b15-5+,16-6+,23-13?. The summed E-state index contributed by atoms with van der Waals surface area (Å²) in [6.07, 6.45) is 13.5. The van der Waals surface area contributed by atoms with Crippen LogP contribution in [-0.4, -0.2) is 29.3 Å². The zero-order chi connectivity index (χ0) is 19.9. The lowest BCUT2D eigenvalue weighted by Gasteiger charge is -2.43. The highest BCUT2D eigenvalue weighted by atomic mass is 32.3. The molecule has 4 nitrogen and oxygen atoms in total. The molecule has 1 heterocycles. The van der Waals surface area contributed by atoms with Crippen molar-refractivity contribution in [1.82, 2.24) is 0 Å². The average molecular weight is 381 g/mol. The van der Waals surface area contributed by atoms with Crippen molar-refractivity contribution < 1.29 is 9.90 Å². The quantitative estimate of drug-likeness (QED) is 0.395. The van der Waals surface area contributed by atoms with Gasteiger partial charge in [-0.2, -0.15) is 10.0 Å². The van der Waals surface area contributed by atoms with E-state index in [1.807, 2.05) is 43.4 Å². The summed E-state index contributed by atoms with van der Waals surface area (Å²) in [5.41, 5.74) is 11.1. The molecule has 1 aromatic carbocycles. The first-order valence-corrected chi connectivity index (χ1v) is 11.1. The highest BCUT2D eigenvalue weighted by Gasteiger charge is 2.36. The number of nitrogens with one attached hydrogen (secondary N) is 1. The van der Waals surface area contributed by atoms with E-state index >= 15 is 0 Å². The molecule has 0 saturated carbocycles. The smallest absolute Gasteiger partial charge is 0.335 e. The van der Waals surface area contributed by atoms with Crippen LogP contribution >= 0.6 is 10.0 Å². The lowest BCUT2D eigenvalue weighted by Crippen LogP contribution is -2.18. The van der Waals surface area contributed by atoms with Crippen molar-refractivity contribution in [3.8, 4) is 0 Å². The Bertz CT molecular complexity index is 1020. The average Bonchev–Trinajstić information content (AvgIpc) is 2.61. The van der Waals surface area contributed by atoms with E-state index in [-0.39, 0.29) is 5.57 Å². The lowest BCUT2D eigenvalue weighted by atomic mass is 9.86. The minimum atomic E-state index is -1.39. The predicted octanol–water partition coefficient (Wildman–Crippen LogP) is 4.91. The lowest BCUT2D eigenvalue weighted by molar-refractivity contribution is -0.132. The van der Waals surface area contributed by atoms with E-state index in [1.165, 1.54) is 0 Å². The minimum absolute atomic E-state index is 0.269. The van der Waals surface area contributed by atoms with Crippen LogP contribution in [0, 0.1) is 5.41 Å². The van der Waals surface area contributed by atoms with Gasteiger partial charge in [-0.3, -0.25) is 0 Å². The van der Waals surface area contributed by atoms with Crippen LogP contribution in [-0.2, 0) is 4.79 Å². The number of anilines is 1. The van der Waals surface area contributed by atoms with Gasteiger partial charge in [0.1, 0.15) is 0 Å². The first-order chi connectivity index (χ1) is 12.7. The number of fused-ring (bicyclic) bond motifs is 2. The molecule has 0 spiro atoms. The van der Waals surface area contributed by atoms with Gasteiger partial charge in [0.2, 0.25) is 0 Å². The molecule has 0 aromatic heterocycles. The van der Waals surface area contributed by atoms with Gasteiger partial charge in [-0.25, -0.2) is 4.79 Å². The largest absolute Gasteiger partial charge is 0.478 e. The first-order valence-electron chi connectivity index (χ1n) is 8.65. The van der Waals surface area contributed by atoms with Gasteiger partial charge >= 0.3 is 5.97 Å². The Kier molecular flexibility index (Phi) is 4.74. The Balaban J connectivity index is 2.44. The fourth-order valence-electron chi connectivity index (χ4n) is 3.70. The van der Waals surface area contributed by atoms with Crippen molar-refractivity contribution in [3.63, 3.8) is 0 Å². The number of benzene rings is 1. The summed E-state index contributed by atoms with van der Waals surface area (Å²) < 4.78 is 0. The summed E-state index contributed by atoms with van der Waals surface area (Å²) in [6, 6.07) is 5.85. The molecule has 140 valence electrons. The Morgan fingerprint density at radius 3 is 2.48 bits per heavy atom. The zero-order valence-corrected chi connectivity index (χ0v) is 16.8. The molecule has 1 aliphatic carbocycles. The fraction of sp³-hybridized carbons (Fsp3) is 0.182. The van der Waals surface area contributed by atoms with E-state index in [4.69, 9.17) is 11.1 Å². The van der Waals surface area contributed by atoms with Gasteiger partial charge < -0.3 is 16.2 Å². The summed E-state index contributed by atoms with van der Waals surface area (Å²) in [7, 11) is -1.39. The number of carbonyl (C=O) groups is 1. The van der Waals surface area contributed by atoms with Gasteiger partial charge in [-0.15, -0.1) is 0 Å². The molecule has 1 aliphatic heterocycles. The third-order valence-corrected chi connectivity index (χ3v) is 7.87. The van der Waals surface area contributed by atoms with Crippen LogP contribution in [0.4, 0.5) is 5.69 Å². The fourth-order valence-corrected chi connectivity index (χ4v) is 6.23. The van der Waals surface area contributed by atoms with Crippen LogP contribution in [0.2, 0.25) is 0 Å². The normalized spacial score (nSPS) is 20.0. The molecule has 27 heavy (non-hydrogen) atoms. The second-order valence-electron chi connectivity index (χ2n) is 6.88. The number of hydrogen-bond donors (Lipinski definition) is 3. The molecular weight excluding hydrogens is 356 g/mol. The monoisotopic (exact) mass is 380 g/mol. The van der Waals surface area contributed by atoms with Crippen LogP contribution in [0.5, 0.6) is 0 Å². The van der Waals surface area contributed by atoms with Crippen molar-refractivity contribution >= 4 is 33.0 Å². The first kappa shape index (κ1) is 19.0. The van der Waals surface area contributed by atoms with Crippen LogP contribution in [0.1, 0.15) is 19.4 Å². The van der Waals surface area contributed by atoms with Crippen molar-refractivity contribution in [2.45, 2.75) is 18.7 Å². The maximum absolute atomic E-state index is 11.9. The molecule has 4 N–H and O–H groups in total. The second kappa shape index (κ2) is 6.74. The van der Waals surface area contributed by atoms with E-state index in [1.54, 1.807) is 19.1 Å². The summed E-state index contributed by atoms with van der Waals surface area (Å²) in [5.74, 6) is -0.953. The summed E-state index contributed by atoms with van der Waals surface area (Å²) in [4.78, 5) is 14.1. The summed E-state index contributed by atoms with van der Waals surface area (Å²) in [6.45, 7) is 3.60. The minimum Gasteiger partial charge on any atom is -0.478 e. The van der Waals surface area contributed by atoms with E-state index in [9.17, 15) is 9.90 Å². The molecule has 1 aromatic rings. The van der Waals surface area contributed by atoms with Gasteiger partial charge in [-0.05, 0) is 72.9 Å². The maximum atomic E-state index is 11.9. The van der Waals surface area contributed by atoms with E-state index < -0.39 is 16.0 Å². The second-order valence-corrected chi connectivity index (χ2v) is 10.4. The van der Waals surface area contributed by atoms with Crippen molar-refractivity contribution in [3.05, 3.63) is 75.8 Å². The van der Waals surface area contributed by atoms with Gasteiger partial charge in [0, 0.05) is 15.5 Å². The molecule has 0 bridgehead atoms. The van der Waals surface area contributed by atoms with Gasteiger partial charge in [0.15, 0.2) is 0 Å². The van der Waals surface area contributed by atoms with Crippen molar-refractivity contribution in [2.75, 3.05) is 18.2 Å². The number of hydrogen-bond acceptors (Lipinski definition) is 3. The molecule has 0 fully saturated rings. The Morgan fingerprint density at radius 2 is 1.89 bits per heavy atom. The third kappa shape index (κ3) is 2.98. The topological polar surface area (TPSA) is 87.2 Å². The molecular formula is C22H24N2O2S. The Labute approximate surface area is 161 Å².